The molecule has 2 heterocycles. The van der Waals surface area contributed by atoms with Gasteiger partial charge in [0.1, 0.15) is 11.6 Å². The number of fused-ring (bicyclic) bond motifs is 10. The zero-order valence-corrected chi connectivity index (χ0v) is 34.8. The quantitative estimate of drug-likeness (QED) is 0.168. The Morgan fingerprint density at radius 3 is 1.72 bits per heavy atom. The molecule has 3 aliphatic rings. The van der Waals surface area contributed by atoms with Crippen LogP contribution in [0.4, 0.5) is 0 Å². The van der Waals surface area contributed by atoms with Crippen molar-refractivity contribution >= 4 is 16.6 Å². The number of imidazole rings is 1. The molecule has 0 fully saturated rings. The predicted molar refractivity (Wildman–Crippen MR) is 258 cm³/mol. The Morgan fingerprint density at radius 1 is 0.438 bits per heavy atom. The molecule has 0 radical (unpaired) electrons. The Hall–Kier alpha value is -8.28. The molecule has 8 aromatic carbocycles. The first kappa shape index (κ1) is 36.4. The second-order valence-corrected chi connectivity index (χ2v) is 16.9. The Bertz CT molecular complexity index is 3480. The van der Waals surface area contributed by atoms with Crippen LogP contribution in [0.2, 0.25) is 0 Å². The lowest BCUT2D eigenvalue weighted by atomic mass is 9.68. The Labute approximate surface area is 371 Å². The van der Waals surface area contributed by atoms with Crippen molar-refractivity contribution in [3.8, 4) is 62.1 Å². The SMILES string of the molecule is C1=CC2=C(c3ccccc3C23c2ccccc2-c2ccccc23)C(c2nc(-c3ccc(-c4ccccc4)cc3)nc(-c3cccc(-c4nc5ccccc5n4-c4ccccc4)c3)n2)C1. The second-order valence-electron chi connectivity index (χ2n) is 16.9. The van der Waals surface area contributed by atoms with Gasteiger partial charge in [-0.15, -0.1) is 0 Å². The molecule has 5 nitrogen and oxygen atoms in total. The number of benzene rings is 8. The zero-order valence-electron chi connectivity index (χ0n) is 34.8. The minimum atomic E-state index is -0.446. The summed E-state index contributed by atoms with van der Waals surface area (Å²) in [7, 11) is 0. The van der Waals surface area contributed by atoms with E-state index in [0.29, 0.717) is 11.6 Å². The summed E-state index contributed by atoms with van der Waals surface area (Å²) in [6.45, 7) is 0. The van der Waals surface area contributed by atoms with E-state index in [2.05, 4.69) is 205 Å². The van der Waals surface area contributed by atoms with Gasteiger partial charge >= 0.3 is 0 Å². The summed E-state index contributed by atoms with van der Waals surface area (Å²) in [5.74, 6) is 2.78. The fraction of sp³-hybridized carbons (Fsp3) is 0.0508. The van der Waals surface area contributed by atoms with Crippen molar-refractivity contribution in [1.29, 1.82) is 0 Å². The lowest BCUT2D eigenvalue weighted by Gasteiger charge is -2.32. The summed E-state index contributed by atoms with van der Waals surface area (Å²) in [5.41, 5.74) is 18.1. The highest BCUT2D eigenvalue weighted by molar-refractivity contribution is 5.97. The third-order valence-corrected chi connectivity index (χ3v) is 13.4. The first-order valence-corrected chi connectivity index (χ1v) is 22.0. The van der Waals surface area contributed by atoms with Crippen molar-refractivity contribution in [2.75, 3.05) is 0 Å². The summed E-state index contributed by atoms with van der Waals surface area (Å²) in [6.07, 6.45) is 5.50. The maximum atomic E-state index is 5.50. The van der Waals surface area contributed by atoms with Crippen LogP contribution in [0.1, 0.15) is 40.4 Å². The highest BCUT2D eigenvalue weighted by Crippen LogP contribution is 2.64. The smallest absolute Gasteiger partial charge is 0.163 e. The topological polar surface area (TPSA) is 56.5 Å². The Balaban J connectivity index is 1.01. The van der Waals surface area contributed by atoms with Gasteiger partial charge in [0.15, 0.2) is 11.6 Å². The molecule has 0 N–H and O–H groups in total. The second kappa shape index (κ2) is 14.4. The van der Waals surface area contributed by atoms with Crippen molar-refractivity contribution in [2.24, 2.45) is 0 Å². The van der Waals surface area contributed by atoms with Crippen LogP contribution in [0.5, 0.6) is 0 Å². The van der Waals surface area contributed by atoms with E-state index in [1.807, 2.05) is 18.2 Å². The lowest BCUT2D eigenvalue weighted by Crippen LogP contribution is -2.27. The van der Waals surface area contributed by atoms with Crippen molar-refractivity contribution in [2.45, 2.75) is 17.8 Å². The van der Waals surface area contributed by atoms with Gasteiger partial charge in [-0.1, -0.05) is 188 Å². The molecule has 64 heavy (non-hydrogen) atoms. The normalized spacial score (nSPS) is 15.3. The molecule has 0 saturated carbocycles. The highest BCUT2D eigenvalue weighted by Gasteiger charge is 2.53. The van der Waals surface area contributed by atoms with E-state index in [4.69, 9.17) is 19.9 Å². The van der Waals surface area contributed by atoms with E-state index in [0.717, 1.165) is 57.0 Å². The van der Waals surface area contributed by atoms with Crippen molar-refractivity contribution < 1.29 is 0 Å². The molecule has 3 aliphatic carbocycles. The number of hydrogen-bond acceptors (Lipinski definition) is 4. The molecule has 13 rings (SSSR count). The van der Waals surface area contributed by atoms with Crippen LogP contribution in [0, 0.1) is 0 Å². The molecule has 1 atom stereocenters. The largest absolute Gasteiger partial charge is 0.292 e. The summed E-state index contributed by atoms with van der Waals surface area (Å²) < 4.78 is 2.24. The van der Waals surface area contributed by atoms with Crippen LogP contribution in [-0.4, -0.2) is 24.5 Å². The monoisotopic (exact) mass is 817 g/mol. The number of allylic oxidation sites excluding steroid dienone is 4. The number of para-hydroxylation sites is 3. The number of rotatable bonds is 6. The van der Waals surface area contributed by atoms with Crippen LogP contribution in [0.15, 0.2) is 224 Å². The van der Waals surface area contributed by atoms with E-state index in [-0.39, 0.29) is 5.92 Å². The van der Waals surface area contributed by atoms with Gasteiger partial charge in [0, 0.05) is 28.3 Å². The van der Waals surface area contributed by atoms with Gasteiger partial charge in [-0.3, -0.25) is 4.57 Å². The Kier molecular flexibility index (Phi) is 8.19. The first-order valence-electron chi connectivity index (χ1n) is 22.0. The van der Waals surface area contributed by atoms with E-state index in [1.54, 1.807) is 0 Å². The summed E-state index contributed by atoms with van der Waals surface area (Å²) in [5, 5.41) is 0. The molecule has 1 spiro atoms. The molecular formula is C59H39N5. The molecule has 0 amide bonds. The average Bonchev–Trinajstić information content (AvgIpc) is 4.02. The molecule has 0 bridgehead atoms. The van der Waals surface area contributed by atoms with Gasteiger partial charge in [-0.05, 0) is 92.4 Å². The first-order chi connectivity index (χ1) is 31.7. The van der Waals surface area contributed by atoms with Crippen LogP contribution in [0.25, 0.3) is 78.7 Å². The molecule has 10 aromatic rings. The lowest BCUT2D eigenvalue weighted by molar-refractivity contribution is 0.749. The van der Waals surface area contributed by atoms with E-state index in [1.165, 1.54) is 50.1 Å². The molecule has 0 aliphatic heterocycles. The molecule has 300 valence electrons. The summed E-state index contributed by atoms with van der Waals surface area (Å²) in [6, 6.07) is 73.3. The zero-order chi connectivity index (χ0) is 42.2. The van der Waals surface area contributed by atoms with Gasteiger partial charge < -0.3 is 0 Å². The summed E-state index contributed by atoms with van der Waals surface area (Å²) in [4.78, 5) is 21.5. The van der Waals surface area contributed by atoms with E-state index < -0.39 is 5.41 Å². The number of hydrogen-bond donors (Lipinski definition) is 0. The molecular weight excluding hydrogens is 779 g/mol. The minimum Gasteiger partial charge on any atom is -0.292 e. The van der Waals surface area contributed by atoms with E-state index >= 15 is 0 Å². The van der Waals surface area contributed by atoms with Gasteiger partial charge in [0.05, 0.1) is 16.4 Å². The Morgan fingerprint density at radius 2 is 0.984 bits per heavy atom. The van der Waals surface area contributed by atoms with Crippen molar-refractivity contribution in [3.63, 3.8) is 0 Å². The molecule has 2 aromatic heterocycles. The van der Waals surface area contributed by atoms with E-state index in [9.17, 15) is 0 Å². The number of nitrogens with zero attached hydrogens (tertiary/aromatic N) is 5. The van der Waals surface area contributed by atoms with Gasteiger partial charge in [-0.25, -0.2) is 19.9 Å². The molecule has 0 saturated heterocycles. The molecule has 1 unspecified atom stereocenters. The van der Waals surface area contributed by atoms with Gasteiger partial charge in [0.2, 0.25) is 0 Å². The fourth-order valence-corrected chi connectivity index (χ4v) is 10.7. The number of aromatic nitrogens is 5. The minimum absolute atomic E-state index is 0.116. The van der Waals surface area contributed by atoms with Crippen LogP contribution in [-0.2, 0) is 5.41 Å². The van der Waals surface area contributed by atoms with Crippen LogP contribution >= 0.6 is 0 Å². The predicted octanol–water partition coefficient (Wildman–Crippen LogP) is 13.7. The van der Waals surface area contributed by atoms with Crippen LogP contribution in [0.3, 0.4) is 0 Å². The van der Waals surface area contributed by atoms with Gasteiger partial charge in [0.25, 0.3) is 0 Å². The van der Waals surface area contributed by atoms with Crippen molar-refractivity contribution in [1.82, 2.24) is 24.5 Å². The fourth-order valence-electron chi connectivity index (χ4n) is 10.7. The third-order valence-electron chi connectivity index (χ3n) is 13.4. The van der Waals surface area contributed by atoms with Crippen LogP contribution < -0.4 is 0 Å². The maximum Gasteiger partial charge on any atom is 0.163 e. The van der Waals surface area contributed by atoms with Crippen molar-refractivity contribution in [3.05, 3.63) is 252 Å². The van der Waals surface area contributed by atoms with Gasteiger partial charge in [-0.2, -0.15) is 0 Å². The third kappa shape index (κ3) is 5.44. The summed E-state index contributed by atoms with van der Waals surface area (Å²) >= 11 is 0. The standard InChI is InChI=1S/C59H39N5/c1-3-17-38(18-4-1)39-33-35-40(36-34-39)55-61-56(41-19-15-20-42(37-41)58-60-52-31-13-14-32-53(52)64(58)43-21-5-2-6-22-43)63-57(62-55)47-26-16-30-51-54(47)46-25-9-12-29-50(46)59(51)48-27-10-7-23-44(48)45-24-8-11-28-49(45)59/h1-25,27-37,47H,26H2. The maximum absolute atomic E-state index is 5.50. The highest BCUT2D eigenvalue weighted by atomic mass is 15.1. The average molecular weight is 818 g/mol. The molecule has 5 heteroatoms.